The maximum atomic E-state index is 11.4. The number of anilines is 1. The van der Waals surface area contributed by atoms with Crippen molar-refractivity contribution in [3.8, 4) is 0 Å². The lowest BCUT2D eigenvalue weighted by molar-refractivity contribution is -0.147. The van der Waals surface area contributed by atoms with Crippen molar-refractivity contribution in [1.29, 1.82) is 0 Å². The van der Waals surface area contributed by atoms with Crippen molar-refractivity contribution in [2.45, 2.75) is 63.8 Å². The first-order chi connectivity index (χ1) is 12.6. The molecule has 0 bridgehead atoms. The number of hydrogen-bond acceptors (Lipinski definition) is 8. The Balaban J connectivity index is 1.62. The molecule has 0 atom stereocenters. The molecule has 1 aromatic heterocycles. The van der Waals surface area contributed by atoms with Gasteiger partial charge in [-0.3, -0.25) is 4.79 Å². The summed E-state index contributed by atoms with van der Waals surface area (Å²) < 4.78 is 16.7. The number of ether oxygens (including phenoxy) is 1. The van der Waals surface area contributed by atoms with Crippen LogP contribution in [0, 0.1) is 0 Å². The van der Waals surface area contributed by atoms with Gasteiger partial charge in [-0.1, -0.05) is 0 Å². The van der Waals surface area contributed by atoms with E-state index in [1.165, 1.54) is 7.11 Å². The van der Waals surface area contributed by atoms with Gasteiger partial charge in [0.25, 0.3) is 0 Å². The molecule has 3 heterocycles. The number of nitrogens with zero attached hydrogens (tertiary/aromatic N) is 3. The van der Waals surface area contributed by atoms with E-state index in [-0.39, 0.29) is 6.42 Å². The summed E-state index contributed by atoms with van der Waals surface area (Å²) in [5.41, 5.74) is -1.07. The van der Waals surface area contributed by atoms with Gasteiger partial charge in [0.05, 0.1) is 30.3 Å². The van der Waals surface area contributed by atoms with Crippen LogP contribution in [0.1, 0.15) is 47.0 Å². The predicted molar refractivity (Wildman–Crippen MR) is 101 cm³/mol. The molecule has 3 rings (SSSR count). The normalized spacial score (nSPS) is 23.3. The largest absolute Gasteiger partial charge is 0.498 e. The molecule has 2 saturated heterocycles. The van der Waals surface area contributed by atoms with Crippen molar-refractivity contribution in [1.82, 2.24) is 9.97 Å². The van der Waals surface area contributed by atoms with Crippen molar-refractivity contribution in [2.75, 3.05) is 25.1 Å². The Kier molecular flexibility index (Phi) is 5.22. The molecule has 1 aromatic rings. The maximum absolute atomic E-state index is 11.4. The Bertz CT molecular complexity index is 671. The van der Waals surface area contributed by atoms with Crippen LogP contribution in [0.2, 0.25) is 0 Å². The minimum Gasteiger partial charge on any atom is -0.469 e. The second-order valence-corrected chi connectivity index (χ2v) is 8.37. The second kappa shape index (κ2) is 7.03. The van der Waals surface area contributed by atoms with E-state index < -0.39 is 29.9 Å². The van der Waals surface area contributed by atoms with Crippen molar-refractivity contribution >= 4 is 24.5 Å². The van der Waals surface area contributed by atoms with Gasteiger partial charge in [0.15, 0.2) is 0 Å². The first kappa shape index (κ1) is 20.0. The molecule has 1 N–H and O–H groups in total. The van der Waals surface area contributed by atoms with Crippen molar-refractivity contribution in [3.63, 3.8) is 0 Å². The molecule has 0 spiro atoms. The van der Waals surface area contributed by atoms with Crippen LogP contribution in [0.5, 0.6) is 0 Å². The molecule has 0 radical (unpaired) electrons. The van der Waals surface area contributed by atoms with E-state index >= 15 is 0 Å². The molecule has 0 amide bonds. The fourth-order valence-electron chi connectivity index (χ4n) is 3.24. The molecule has 2 aliphatic rings. The smallest absolute Gasteiger partial charge is 0.469 e. The van der Waals surface area contributed by atoms with E-state index in [1.807, 2.05) is 32.6 Å². The van der Waals surface area contributed by atoms with Crippen LogP contribution in [0.3, 0.4) is 0 Å². The molecule has 9 heteroatoms. The quantitative estimate of drug-likeness (QED) is 0.605. The molecule has 0 aromatic carbocycles. The van der Waals surface area contributed by atoms with E-state index in [4.69, 9.17) is 9.31 Å². The minimum atomic E-state index is -1.02. The van der Waals surface area contributed by atoms with Gasteiger partial charge < -0.3 is 24.1 Å². The summed E-state index contributed by atoms with van der Waals surface area (Å²) in [4.78, 5) is 22.3. The SMILES string of the molecule is COC(=O)CC1(O)CCN(c2ncc(B3OC(C)(C)C(C)(C)O3)cn2)CC1. The van der Waals surface area contributed by atoms with Gasteiger partial charge in [-0.05, 0) is 40.5 Å². The van der Waals surface area contributed by atoms with E-state index in [0.717, 1.165) is 5.46 Å². The van der Waals surface area contributed by atoms with Gasteiger partial charge in [0.1, 0.15) is 0 Å². The van der Waals surface area contributed by atoms with Crippen LogP contribution in [0.4, 0.5) is 5.95 Å². The van der Waals surface area contributed by atoms with E-state index in [9.17, 15) is 9.90 Å². The number of hydrogen-bond donors (Lipinski definition) is 1. The van der Waals surface area contributed by atoms with Crippen molar-refractivity contribution in [3.05, 3.63) is 12.4 Å². The maximum Gasteiger partial charge on any atom is 0.498 e. The molecular weight excluding hydrogens is 349 g/mol. The fourth-order valence-corrected chi connectivity index (χ4v) is 3.24. The lowest BCUT2D eigenvalue weighted by atomic mass is 9.81. The number of carbonyl (C=O) groups is 1. The average Bonchev–Trinajstić information content (AvgIpc) is 2.83. The zero-order valence-electron chi connectivity index (χ0n) is 16.7. The van der Waals surface area contributed by atoms with Gasteiger partial charge in [-0.15, -0.1) is 0 Å². The summed E-state index contributed by atoms with van der Waals surface area (Å²) in [7, 11) is 0.839. The molecular formula is C18H28BN3O5. The summed E-state index contributed by atoms with van der Waals surface area (Å²) >= 11 is 0. The highest BCUT2D eigenvalue weighted by Crippen LogP contribution is 2.36. The van der Waals surface area contributed by atoms with Crippen LogP contribution in [0.15, 0.2) is 12.4 Å². The van der Waals surface area contributed by atoms with Gasteiger partial charge in [0, 0.05) is 30.9 Å². The number of carbonyl (C=O) groups excluding carboxylic acids is 1. The summed E-state index contributed by atoms with van der Waals surface area (Å²) in [6.07, 6.45) is 4.38. The lowest BCUT2D eigenvalue weighted by Gasteiger charge is -2.37. The highest BCUT2D eigenvalue weighted by atomic mass is 16.7. The third-order valence-corrected chi connectivity index (χ3v) is 5.86. The van der Waals surface area contributed by atoms with Gasteiger partial charge in [-0.2, -0.15) is 0 Å². The van der Waals surface area contributed by atoms with Crippen LogP contribution >= 0.6 is 0 Å². The zero-order chi connectivity index (χ0) is 19.9. The highest BCUT2D eigenvalue weighted by Gasteiger charge is 2.52. The fraction of sp³-hybridized carbons (Fsp3) is 0.722. The Morgan fingerprint density at radius 1 is 1.19 bits per heavy atom. The molecule has 148 valence electrons. The zero-order valence-corrected chi connectivity index (χ0v) is 16.7. The third kappa shape index (κ3) is 4.10. The Labute approximate surface area is 160 Å². The Morgan fingerprint density at radius 3 is 2.19 bits per heavy atom. The first-order valence-electron chi connectivity index (χ1n) is 9.27. The monoisotopic (exact) mass is 377 g/mol. The number of piperidine rings is 1. The van der Waals surface area contributed by atoms with Crippen LogP contribution in [-0.4, -0.2) is 65.2 Å². The van der Waals surface area contributed by atoms with Crippen LogP contribution in [-0.2, 0) is 18.8 Å². The number of aliphatic hydroxyl groups is 1. The highest BCUT2D eigenvalue weighted by molar-refractivity contribution is 6.61. The lowest BCUT2D eigenvalue weighted by Crippen LogP contribution is -2.46. The third-order valence-electron chi connectivity index (χ3n) is 5.86. The molecule has 0 unspecified atom stereocenters. The van der Waals surface area contributed by atoms with Crippen LogP contribution < -0.4 is 10.4 Å². The summed E-state index contributed by atoms with van der Waals surface area (Å²) in [6, 6.07) is 0. The van der Waals surface area contributed by atoms with Crippen molar-refractivity contribution in [2.24, 2.45) is 0 Å². The molecule has 27 heavy (non-hydrogen) atoms. The van der Waals surface area contributed by atoms with Gasteiger partial charge in [0.2, 0.25) is 5.95 Å². The first-order valence-corrected chi connectivity index (χ1v) is 9.27. The molecule has 2 aliphatic heterocycles. The molecule has 8 nitrogen and oxygen atoms in total. The van der Waals surface area contributed by atoms with E-state index in [1.54, 1.807) is 12.4 Å². The summed E-state index contributed by atoms with van der Waals surface area (Å²) in [5, 5.41) is 10.5. The standard InChI is InChI=1S/C18H28BN3O5/c1-16(2)17(3,4)27-19(26-16)13-11-20-15(21-12-13)22-8-6-18(24,7-9-22)10-14(23)25-5/h11-12,24H,6-10H2,1-5H3. The van der Waals surface area contributed by atoms with Crippen LogP contribution in [0.25, 0.3) is 0 Å². The Morgan fingerprint density at radius 2 is 1.70 bits per heavy atom. The summed E-state index contributed by atoms with van der Waals surface area (Å²) in [6.45, 7) is 9.17. The molecule has 0 aliphatic carbocycles. The van der Waals surface area contributed by atoms with Gasteiger partial charge in [-0.25, -0.2) is 9.97 Å². The predicted octanol–water partition coefficient (Wildman–Crippen LogP) is 0.670. The number of aromatic nitrogens is 2. The minimum absolute atomic E-state index is 0.0130. The van der Waals surface area contributed by atoms with E-state index in [2.05, 4.69) is 14.7 Å². The number of rotatable bonds is 4. The van der Waals surface area contributed by atoms with E-state index in [0.29, 0.717) is 31.9 Å². The average molecular weight is 377 g/mol. The van der Waals surface area contributed by atoms with Gasteiger partial charge >= 0.3 is 13.1 Å². The summed E-state index contributed by atoms with van der Waals surface area (Å²) in [5.74, 6) is 0.198. The number of methoxy groups -OCH3 is 1. The number of esters is 1. The Hall–Kier alpha value is -1.71. The van der Waals surface area contributed by atoms with Crippen molar-refractivity contribution < 1.29 is 23.9 Å². The molecule has 2 fully saturated rings. The topological polar surface area (TPSA) is 94.0 Å². The molecule has 0 saturated carbocycles. The second-order valence-electron chi connectivity index (χ2n) is 8.37.